The van der Waals surface area contributed by atoms with Crippen LogP contribution in [0, 0.1) is 18.3 Å². The number of amides is 1. The van der Waals surface area contributed by atoms with Gasteiger partial charge in [-0.25, -0.2) is 0 Å². The second-order valence-electron chi connectivity index (χ2n) is 6.21. The Kier molecular flexibility index (Phi) is 3.11. The Balaban J connectivity index is 1.82. The number of aryl methyl sites for hydroxylation is 1. The number of aromatic nitrogens is 2. The number of fused-ring (bicyclic) bond motifs is 1. The van der Waals surface area contributed by atoms with E-state index in [-0.39, 0.29) is 23.3 Å². The molecule has 3 rings (SSSR count). The summed E-state index contributed by atoms with van der Waals surface area (Å²) in [5, 5.41) is 12.0. The lowest BCUT2D eigenvalue weighted by Gasteiger charge is -2.64. The minimum Gasteiger partial charge on any atom is -0.377 e. The van der Waals surface area contributed by atoms with Gasteiger partial charge in [-0.2, -0.15) is 0 Å². The maximum atomic E-state index is 12.6. The fourth-order valence-electron chi connectivity index (χ4n) is 3.58. The zero-order valence-electron chi connectivity index (χ0n) is 12.0. The molecule has 1 aliphatic carbocycles. The van der Waals surface area contributed by atoms with Gasteiger partial charge in [0.1, 0.15) is 10.5 Å². The van der Waals surface area contributed by atoms with Crippen molar-refractivity contribution in [3.63, 3.8) is 0 Å². The maximum absolute atomic E-state index is 12.6. The van der Waals surface area contributed by atoms with Gasteiger partial charge in [0.05, 0.1) is 6.10 Å². The Morgan fingerprint density at radius 3 is 2.90 bits per heavy atom. The number of hydrogen-bond donors (Lipinski definition) is 2. The molecule has 7 heteroatoms. The molecule has 20 heavy (non-hydrogen) atoms. The highest BCUT2D eigenvalue weighted by atomic mass is 32.1. The number of ether oxygens (including phenoxy) is 1. The van der Waals surface area contributed by atoms with Crippen LogP contribution in [0.1, 0.15) is 31.7 Å². The van der Waals surface area contributed by atoms with Crippen molar-refractivity contribution in [1.82, 2.24) is 10.2 Å². The van der Waals surface area contributed by atoms with Crippen LogP contribution in [0.3, 0.4) is 0 Å². The van der Waals surface area contributed by atoms with Gasteiger partial charge in [0.25, 0.3) is 0 Å². The summed E-state index contributed by atoms with van der Waals surface area (Å²) in [6, 6.07) is 0. The fourth-order valence-corrected chi connectivity index (χ4v) is 4.17. The van der Waals surface area contributed by atoms with Crippen LogP contribution in [-0.2, 0) is 9.53 Å². The average molecular weight is 296 g/mol. The van der Waals surface area contributed by atoms with Crippen molar-refractivity contribution in [3.05, 3.63) is 5.01 Å². The van der Waals surface area contributed by atoms with E-state index in [4.69, 9.17) is 10.5 Å². The largest absolute Gasteiger partial charge is 0.377 e. The molecule has 3 atom stereocenters. The van der Waals surface area contributed by atoms with Crippen LogP contribution in [0.4, 0.5) is 5.13 Å². The molecular weight excluding hydrogens is 276 g/mol. The molecule has 3 unspecified atom stereocenters. The number of nitrogens with two attached hydrogens (primary N) is 1. The van der Waals surface area contributed by atoms with E-state index in [1.807, 2.05) is 20.8 Å². The second kappa shape index (κ2) is 4.47. The molecule has 0 aromatic carbocycles. The van der Waals surface area contributed by atoms with Gasteiger partial charge in [0.15, 0.2) is 0 Å². The molecule has 1 aliphatic heterocycles. The van der Waals surface area contributed by atoms with Gasteiger partial charge in [-0.05, 0) is 19.8 Å². The molecule has 3 N–H and O–H groups in total. The number of rotatable bonds is 2. The molecule has 2 aliphatic rings. The number of nitrogens with one attached hydrogen (secondary N) is 1. The van der Waals surface area contributed by atoms with E-state index in [0.717, 1.165) is 24.5 Å². The van der Waals surface area contributed by atoms with Crippen LogP contribution < -0.4 is 11.1 Å². The van der Waals surface area contributed by atoms with E-state index in [1.165, 1.54) is 11.3 Å². The van der Waals surface area contributed by atoms with E-state index in [9.17, 15) is 4.79 Å². The zero-order chi connectivity index (χ0) is 14.5. The normalized spacial score (nSPS) is 35.0. The van der Waals surface area contributed by atoms with Crippen LogP contribution >= 0.6 is 11.3 Å². The van der Waals surface area contributed by atoms with Gasteiger partial charge < -0.3 is 10.5 Å². The summed E-state index contributed by atoms with van der Waals surface area (Å²) in [5.41, 5.74) is 5.22. The lowest BCUT2D eigenvalue weighted by molar-refractivity contribution is -0.222. The summed E-state index contributed by atoms with van der Waals surface area (Å²) in [5.74, 6) is -0.0920. The highest BCUT2D eigenvalue weighted by Gasteiger charge is 2.70. The number of carbonyl (C=O) groups excluding carboxylic acids is 1. The predicted molar refractivity (Wildman–Crippen MR) is 76.4 cm³/mol. The third-order valence-electron chi connectivity index (χ3n) is 4.81. The van der Waals surface area contributed by atoms with Gasteiger partial charge in [-0.1, -0.05) is 25.2 Å². The van der Waals surface area contributed by atoms with Crippen molar-refractivity contribution >= 4 is 22.4 Å². The average Bonchev–Trinajstić information content (AvgIpc) is 2.83. The molecule has 1 aromatic heterocycles. The van der Waals surface area contributed by atoms with E-state index in [1.54, 1.807) is 0 Å². The zero-order valence-corrected chi connectivity index (χ0v) is 12.8. The van der Waals surface area contributed by atoms with Crippen molar-refractivity contribution in [1.29, 1.82) is 0 Å². The van der Waals surface area contributed by atoms with Crippen LogP contribution in [0.5, 0.6) is 0 Å². The summed E-state index contributed by atoms with van der Waals surface area (Å²) in [6.07, 6.45) is 1.97. The van der Waals surface area contributed by atoms with Crippen LogP contribution in [0.2, 0.25) is 0 Å². The highest BCUT2D eigenvalue weighted by molar-refractivity contribution is 7.15. The number of hydrogen-bond acceptors (Lipinski definition) is 6. The molecule has 0 bridgehead atoms. The minimum atomic E-state index is -0.905. The van der Waals surface area contributed by atoms with E-state index < -0.39 is 5.54 Å². The SMILES string of the molecule is Cc1nnc(NC(=O)C2(N)C3CCCOC3C2(C)C)s1. The predicted octanol–water partition coefficient (Wildman–Crippen LogP) is 1.32. The van der Waals surface area contributed by atoms with Crippen LogP contribution in [0.15, 0.2) is 0 Å². The number of nitrogens with zero attached hydrogens (tertiary/aromatic N) is 2. The monoisotopic (exact) mass is 296 g/mol. The number of anilines is 1. The van der Waals surface area contributed by atoms with Crippen LogP contribution in [-0.4, -0.2) is 34.4 Å². The summed E-state index contributed by atoms with van der Waals surface area (Å²) in [4.78, 5) is 12.6. The van der Waals surface area contributed by atoms with Gasteiger partial charge >= 0.3 is 0 Å². The minimum absolute atomic E-state index is 0.0724. The van der Waals surface area contributed by atoms with Crippen LogP contribution in [0.25, 0.3) is 0 Å². The van der Waals surface area contributed by atoms with E-state index in [0.29, 0.717) is 5.13 Å². The van der Waals surface area contributed by atoms with Gasteiger partial charge in [-0.3, -0.25) is 10.1 Å². The highest BCUT2D eigenvalue weighted by Crippen LogP contribution is 2.57. The summed E-state index contributed by atoms with van der Waals surface area (Å²) >= 11 is 1.36. The molecule has 1 aromatic rings. The van der Waals surface area contributed by atoms with Crippen molar-refractivity contribution in [3.8, 4) is 0 Å². The number of carbonyl (C=O) groups is 1. The van der Waals surface area contributed by atoms with E-state index in [2.05, 4.69) is 15.5 Å². The van der Waals surface area contributed by atoms with Crippen molar-refractivity contribution < 1.29 is 9.53 Å². The topological polar surface area (TPSA) is 90.1 Å². The quantitative estimate of drug-likeness (QED) is 0.859. The molecule has 1 saturated carbocycles. The first kappa shape index (κ1) is 13.9. The van der Waals surface area contributed by atoms with Gasteiger partial charge in [-0.15, -0.1) is 10.2 Å². The Labute approximate surface area is 122 Å². The smallest absolute Gasteiger partial charge is 0.247 e. The maximum Gasteiger partial charge on any atom is 0.247 e. The first-order valence-electron chi connectivity index (χ1n) is 6.89. The first-order chi connectivity index (χ1) is 9.37. The Morgan fingerprint density at radius 2 is 2.25 bits per heavy atom. The molecular formula is C13H20N4O2S. The lowest BCUT2D eigenvalue weighted by Crippen LogP contribution is -2.81. The van der Waals surface area contributed by atoms with Crippen molar-refractivity contribution in [2.75, 3.05) is 11.9 Å². The summed E-state index contributed by atoms with van der Waals surface area (Å²) < 4.78 is 5.81. The fraction of sp³-hybridized carbons (Fsp3) is 0.769. The standard InChI is InChI=1S/C13H20N4O2S/c1-7-16-17-11(20-7)15-10(18)13(14)8-5-4-6-19-9(8)12(13,2)3/h8-9H,4-6,14H2,1-3H3,(H,15,17,18). The van der Waals surface area contributed by atoms with E-state index >= 15 is 0 Å². The van der Waals surface area contributed by atoms with Crippen molar-refractivity contribution in [2.45, 2.75) is 45.3 Å². The second-order valence-corrected chi connectivity index (χ2v) is 7.39. The molecule has 2 fully saturated rings. The molecule has 110 valence electrons. The summed E-state index contributed by atoms with van der Waals surface area (Å²) in [6.45, 7) is 6.62. The first-order valence-corrected chi connectivity index (χ1v) is 7.71. The van der Waals surface area contributed by atoms with Crippen molar-refractivity contribution in [2.24, 2.45) is 17.1 Å². The molecule has 0 spiro atoms. The molecule has 1 saturated heterocycles. The third kappa shape index (κ3) is 1.73. The third-order valence-corrected chi connectivity index (χ3v) is 5.56. The molecule has 2 heterocycles. The molecule has 6 nitrogen and oxygen atoms in total. The summed E-state index contributed by atoms with van der Waals surface area (Å²) in [7, 11) is 0. The Bertz CT molecular complexity index is 544. The molecule has 0 radical (unpaired) electrons. The van der Waals surface area contributed by atoms with Gasteiger partial charge in [0, 0.05) is 17.9 Å². The molecule has 1 amide bonds. The van der Waals surface area contributed by atoms with Gasteiger partial charge in [0.2, 0.25) is 11.0 Å². The Hall–Kier alpha value is -1.05. The lowest BCUT2D eigenvalue weighted by atomic mass is 9.46. The Morgan fingerprint density at radius 1 is 1.50 bits per heavy atom.